The Hall–Kier alpha value is -1.06. The second-order valence-electron chi connectivity index (χ2n) is 6.88. The molecule has 2 aliphatic rings. The van der Waals surface area contributed by atoms with Crippen molar-refractivity contribution in [2.24, 2.45) is 0 Å². The first-order chi connectivity index (χ1) is 9.52. The van der Waals surface area contributed by atoms with Crippen molar-refractivity contribution in [3.8, 4) is 0 Å². The summed E-state index contributed by atoms with van der Waals surface area (Å²) in [6.07, 6.45) is 2.78. The molecule has 1 fully saturated rings. The van der Waals surface area contributed by atoms with Gasteiger partial charge in [0.1, 0.15) is 0 Å². The molecule has 1 aromatic rings. The van der Waals surface area contributed by atoms with E-state index in [0.29, 0.717) is 6.10 Å². The Morgan fingerprint density at radius 1 is 1.40 bits per heavy atom. The molecule has 2 aliphatic heterocycles. The zero-order valence-electron chi connectivity index (χ0n) is 12.9. The number of rotatable bonds is 2. The maximum Gasteiger partial charge on any atom is 0.0757 e. The van der Waals surface area contributed by atoms with Crippen LogP contribution >= 0.6 is 0 Å². The number of aryl methyl sites for hydroxylation is 1. The summed E-state index contributed by atoms with van der Waals surface area (Å²) in [5, 5.41) is 3.48. The van der Waals surface area contributed by atoms with Crippen LogP contribution in [0.25, 0.3) is 0 Å². The highest BCUT2D eigenvalue weighted by Gasteiger charge is 2.31. The highest BCUT2D eigenvalue weighted by Crippen LogP contribution is 2.26. The van der Waals surface area contributed by atoms with Gasteiger partial charge in [0.15, 0.2) is 0 Å². The van der Waals surface area contributed by atoms with Gasteiger partial charge < -0.3 is 10.1 Å². The van der Waals surface area contributed by atoms with E-state index in [1.807, 2.05) is 0 Å². The first-order valence-electron chi connectivity index (χ1n) is 7.78. The lowest BCUT2D eigenvalue weighted by Crippen LogP contribution is -2.51. The van der Waals surface area contributed by atoms with Crippen LogP contribution in [0.15, 0.2) is 18.2 Å². The van der Waals surface area contributed by atoms with E-state index in [1.165, 1.54) is 29.7 Å². The summed E-state index contributed by atoms with van der Waals surface area (Å²) in [5.74, 6) is 0. The van der Waals surface area contributed by atoms with Crippen LogP contribution in [0.1, 0.15) is 38.3 Å². The molecule has 20 heavy (non-hydrogen) atoms. The molecule has 1 unspecified atom stereocenters. The van der Waals surface area contributed by atoms with Crippen LogP contribution in [0, 0.1) is 0 Å². The lowest BCUT2D eigenvalue weighted by atomic mass is 9.99. The van der Waals surface area contributed by atoms with Crippen LogP contribution in [0.5, 0.6) is 0 Å². The fourth-order valence-corrected chi connectivity index (χ4v) is 3.59. The molecule has 3 rings (SSSR count). The predicted molar refractivity (Wildman–Crippen MR) is 83.2 cm³/mol. The second kappa shape index (κ2) is 5.38. The monoisotopic (exact) mass is 274 g/mol. The molecule has 0 bridgehead atoms. The third-order valence-electron chi connectivity index (χ3n) is 4.15. The number of anilines is 1. The Morgan fingerprint density at radius 2 is 2.25 bits per heavy atom. The minimum atomic E-state index is -0.0343. The number of morpholine rings is 1. The van der Waals surface area contributed by atoms with Crippen molar-refractivity contribution in [3.63, 3.8) is 0 Å². The molecule has 2 heterocycles. The number of benzene rings is 1. The van der Waals surface area contributed by atoms with Gasteiger partial charge in [-0.05, 0) is 50.8 Å². The van der Waals surface area contributed by atoms with E-state index < -0.39 is 0 Å². The van der Waals surface area contributed by atoms with Gasteiger partial charge in [-0.1, -0.05) is 12.1 Å². The van der Waals surface area contributed by atoms with Crippen LogP contribution in [0.2, 0.25) is 0 Å². The molecule has 1 N–H and O–H groups in total. The van der Waals surface area contributed by atoms with E-state index in [-0.39, 0.29) is 5.60 Å². The molecule has 110 valence electrons. The van der Waals surface area contributed by atoms with Gasteiger partial charge >= 0.3 is 0 Å². The number of ether oxygens (including phenoxy) is 1. The zero-order chi connectivity index (χ0) is 14.2. The molecule has 3 heteroatoms. The SMILES string of the molecule is CC1CN(Cc2ccc3c(c2)CCCN3)CC(C)(C)O1. The number of hydrogen-bond donors (Lipinski definition) is 1. The molecule has 0 aromatic heterocycles. The number of nitrogens with zero attached hydrogens (tertiary/aromatic N) is 1. The minimum Gasteiger partial charge on any atom is -0.385 e. The summed E-state index contributed by atoms with van der Waals surface area (Å²) >= 11 is 0. The first kappa shape index (κ1) is 13.9. The van der Waals surface area contributed by atoms with Crippen LogP contribution in [0.4, 0.5) is 5.69 Å². The smallest absolute Gasteiger partial charge is 0.0757 e. The first-order valence-corrected chi connectivity index (χ1v) is 7.78. The summed E-state index contributed by atoms with van der Waals surface area (Å²) in [5.41, 5.74) is 4.20. The Balaban J connectivity index is 1.71. The molecule has 0 spiro atoms. The number of fused-ring (bicyclic) bond motifs is 1. The topological polar surface area (TPSA) is 24.5 Å². The van der Waals surface area contributed by atoms with Gasteiger partial charge in [-0.15, -0.1) is 0 Å². The Morgan fingerprint density at radius 3 is 3.05 bits per heavy atom. The average molecular weight is 274 g/mol. The van der Waals surface area contributed by atoms with E-state index in [0.717, 1.165) is 26.2 Å². The molecular weight excluding hydrogens is 248 g/mol. The van der Waals surface area contributed by atoms with E-state index in [1.54, 1.807) is 0 Å². The van der Waals surface area contributed by atoms with Crippen molar-refractivity contribution in [1.82, 2.24) is 4.90 Å². The fraction of sp³-hybridized carbons (Fsp3) is 0.647. The van der Waals surface area contributed by atoms with Gasteiger partial charge in [0.05, 0.1) is 11.7 Å². The predicted octanol–water partition coefficient (Wildman–Crippen LogP) is 3.04. The maximum atomic E-state index is 5.98. The van der Waals surface area contributed by atoms with Crippen molar-refractivity contribution >= 4 is 5.69 Å². The van der Waals surface area contributed by atoms with E-state index >= 15 is 0 Å². The van der Waals surface area contributed by atoms with E-state index in [4.69, 9.17) is 4.74 Å². The summed E-state index contributed by atoms with van der Waals surface area (Å²) in [6.45, 7) is 10.7. The zero-order valence-corrected chi connectivity index (χ0v) is 12.9. The molecule has 1 atom stereocenters. The average Bonchev–Trinajstić information content (AvgIpc) is 2.36. The second-order valence-corrected chi connectivity index (χ2v) is 6.88. The van der Waals surface area contributed by atoms with Crippen molar-refractivity contribution in [2.75, 3.05) is 25.0 Å². The lowest BCUT2D eigenvalue weighted by Gasteiger charge is -2.41. The summed E-state index contributed by atoms with van der Waals surface area (Å²) in [6, 6.07) is 6.90. The highest BCUT2D eigenvalue weighted by atomic mass is 16.5. The molecule has 1 saturated heterocycles. The maximum absolute atomic E-state index is 5.98. The van der Waals surface area contributed by atoms with E-state index in [2.05, 4.69) is 49.2 Å². The van der Waals surface area contributed by atoms with Crippen molar-refractivity contribution in [3.05, 3.63) is 29.3 Å². The van der Waals surface area contributed by atoms with Gasteiger partial charge in [0.2, 0.25) is 0 Å². The molecular formula is C17H26N2O. The lowest BCUT2D eigenvalue weighted by molar-refractivity contribution is -0.130. The van der Waals surface area contributed by atoms with Gasteiger partial charge in [0.25, 0.3) is 0 Å². The van der Waals surface area contributed by atoms with Gasteiger partial charge in [-0.2, -0.15) is 0 Å². The van der Waals surface area contributed by atoms with Gasteiger partial charge in [-0.25, -0.2) is 0 Å². The van der Waals surface area contributed by atoms with Crippen LogP contribution in [0.3, 0.4) is 0 Å². The molecule has 0 amide bonds. The highest BCUT2D eigenvalue weighted by molar-refractivity contribution is 5.54. The van der Waals surface area contributed by atoms with Crippen LogP contribution in [-0.4, -0.2) is 36.2 Å². The summed E-state index contributed by atoms with van der Waals surface area (Å²) in [7, 11) is 0. The quantitative estimate of drug-likeness (QED) is 0.897. The molecule has 1 aromatic carbocycles. The largest absolute Gasteiger partial charge is 0.385 e. The number of hydrogen-bond acceptors (Lipinski definition) is 3. The van der Waals surface area contributed by atoms with Crippen molar-refractivity contribution in [1.29, 1.82) is 0 Å². The fourth-order valence-electron chi connectivity index (χ4n) is 3.59. The third kappa shape index (κ3) is 3.15. The normalized spacial score (nSPS) is 25.9. The van der Waals surface area contributed by atoms with Gasteiger partial charge in [-0.3, -0.25) is 4.90 Å². The minimum absolute atomic E-state index is 0.0343. The van der Waals surface area contributed by atoms with Crippen LogP contribution in [-0.2, 0) is 17.7 Å². The van der Waals surface area contributed by atoms with Crippen molar-refractivity contribution < 1.29 is 4.74 Å². The Bertz CT molecular complexity index is 484. The summed E-state index contributed by atoms with van der Waals surface area (Å²) in [4.78, 5) is 2.52. The summed E-state index contributed by atoms with van der Waals surface area (Å²) < 4.78 is 5.98. The third-order valence-corrected chi connectivity index (χ3v) is 4.15. The Labute approximate surface area is 122 Å². The standard InChI is InChI=1S/C17H26N2O/c1-13-10-19(12-17(2,3)20-13)11-14-6-7-16-15(9-14)5-4-8-18-16/h6-7,9,13,18H,4-5,8,10-12H2,1-3H3. The van der Waals surface area contributed by atoms with Crippen molar-refractivity contribution in [2.45, 2.75) is 51.9 Å². The Kier molecular flexibility index (Phi) is 3.74. The molecule has 0 radical (unpaired) electrons. The molecule has 0 saturated carbocycles. The van der Waals surface area contributed by atoms with E-state index in [9.17, 15) is 0 Å². The van der Waals surface area contributed by atoms with Gasteiger partial charge in [0, 0.05) is 31.9 Å². The van der Waals surface area contributed by atoms with Crippen LogP contribution < -0.4 is 5.32 Å². The number of nitrogens with one attached hydrogen (secondary N) is 1. The molecule has 3 nitrogen and oxygen atoms in total. The molecule has 0 aliphatic carbocycles.